The van der Waals surface area contributed by atoms with E-state index in [-0.39, 0.29) is 6.61 Å². The molecular formula is C12H13NO4. The van der Waals surface area contributed by atoms with E-state index in [2.05, 4.69) is 5.32 Å². The van der Waals surface area contributed by atoms with Gasteiger partial charge in [-0.3, -0.25) is 0 Å². The summed E-state index contributed by atoms with van der Waals surface area (Å²) in [5.74, 6) is -0.479. The molecule has 5 heteroatoms. The maximum absolute atomic E-state index is 11.7. The number of hydrogen-bond acceptors (Lipinski definition) is 4. The van der Waals surface area contributed by atoms with Crippen molar-refractivity contribution in [3.63, 3.8) is 0 Å². The molecule has 90 valence electrons. The Morgan fingerprint density at radius 3 is 2.76 bits per heavy atom. The summed E-state index contributed by atoms with van der Waals surface area (Å²) in [6, 6.07) is 8.33. The summed E-state index contributed by atoms with van der Waals surface area (Å²) in [7, 11) is 0. The molecular weight excluding hydrogens is 222 g/mol. The molecule has 1 aliphatic heterocycles. The third kappa shape index (κ3) is 2.38. The van der Waals surface area contributed by atoms with Crippen LogP contribution in [0.4, 0.5) is 4.79 Å². The van der Waals surface area contributed by atoms with Crippen molar-refractivity contribution in [3.8, 4) is 0 Å². The molecule has 0 bridgehead atoms. The molecule has 1 fully saturated rings. The van der Waals surface area contributed by atoms with Crippen LogP contribution in [0.2, 0.25) is 0 Å². The van der Waals surface area contributed by atoms with Crippen LogP contribution in [0.25, 0.3) is 0 Å². The van der Waals surface area contributed by atoms with E-state index in [4.69, 9.17) is 9.47 Å². The zero-order valence-corrected chi connectivity index (χ0v) is 9.38. The van der Waals surface area contributed by atoms with Crippen LogP contribution in [-0.4, -0.2) is 24.7 Å². The highest BCUT2D eigenvalue weighted by molar-refractivity contribution is 5.85. The van der Waals surface area contributed by atoms with Gasteiger partial charge in [0.2, 0.25) is 0 Å². The van der Waals surface area contributed by atoms with Crippen molar-refractivity contribution >= 4 is 12.1 Å². The number of esters is 1. The zero-order chi connectivity index (χ0) is 12.3. The third-order valence-electron chi connectivity index (χ3n) is 2.48. The molecule has 0 aliphatic carbocycles. The smallest absolute Gasteiger partial charge is 0.408 e. The first kappa shape index (κ1) is 11.4. The minimum absolute atomic E-state index is 0.271. The van der Waals surface area contributed by atoms with E-state index >= 15 is 0 Å². The van der Waals surface area contributed by atoms with Crippen LogP contribution < -0.4 is 5.32 Å². The van der Waals surface area contributed by atoms with E-state index in [1.165, 1.54) is 0 Å². The number of amides is 1. The highest BCUT2D eigenvalue weighted by atomic mass is 16.6. The van der Waals surface area contributed by atoms with Crippen molar-refractivity contribution in [2.45, 2.75) is 19.1 Å². The van der Waals surface area contributed by atoms with Gasteiger partial charge < -0.3 is 14.8 Å². The van der Waals surface area contributed by atoms with Gasteiger partial charge in [0.1, 0.15) is 0 Å². The summed E-state index contributed by atoms with van der Waals surface area (Å²) in [4.78, 5) is 22.9. The van der Waals surface area contributed by atoms with Crippen molar-refractivity contribution in [2.24, 2.45) is 0 Å². The van der Waals surface area contributed by atoms with Gasteiger partial charge in [-0.2, -0.15) is 0 Å². The highest BCUT2D eigenvalue weighted by Crippen LogP contribution is 2.26. The predicted molar refractivity (Wildman–Crippen MR) is 59.2 cm³/mol. The van der Waals surface area contributed by atoms with Crippen LogP contribution in [0.5, 0.6) is 0 Å². The van der Waals surface area contributed by atoms with E-state index < -0.39 is 24.2 Å². The van der Waals surface area contributed by atoms with Crippen molar-refractivity contribution in [2.75, 3.05) is 6.61 Å². The van der Waals surface area contributed by atoms with Crippen LogP contribution in [0.1, 0.15) is 18.6 Å². The lowest BCUT2D eigenvalue weighted by atomic mass is 10.0. The highest BCUT2D eigenvalue weighted by Gasteiger charge is 2.41. The summed E-state index contributed by atoms with van der Waals surface area (Å²) in [6.07, 6.45) is -1.22. The number of ether oxygens (including phenoxy) is 2. The molecule has 2 rings (SSSR count). The molecule has 17 heavy (non-hydrogen) atoms. The first-order valence-electron chi connectivity index (χ1n) is 5.41. The average Bonchev–Trinajstić information content (AvgIpc) is 2.73. The van der Waals surface area contributed by atoms with Gasteiger partial charge in [-0.25, -0.2) is 9.59 Å². The lowest BCUT2D eigenvalue weighted by molar-refractivity contribution is -0.146. The molecule has 0 unspecified atom stereocenters. The average molecular weight is 235 g/mol. The minimum atomic E-state index is -0.773. The molecule has 1 aromatic carbocycles. The van der Waals surface area contributed by atoms with Crippen LogP contribution in [0, 0.1) is 0 Å². The van der Waals surface area contributed by atoms with Crippen molar-refractivity contribution < 1.29 is 19.1 Å². The van der Waals surface area contributed by atoms with E-state index in [1.807, 2.05) is 18.2 Å². The first-order chi connectivity index (χ1) is 8.22. The second kappa shape index (κ2) is 4.86. The molecule has 0 saturated carbocycles. The Morgan fingerprint density at radius 1 is 1.41 bits per heavy atom. The fourth-order valence-corrected chi connectivity index (χ4v) is 1.74. The van der Waals surface area contributed by atoms with Crippen LogP contribution in [-0.2, 0) is 14.3 Å². The van der Waals surface area contributed by atoms with Crippen molar-refractivity contribution in [1.29, 1.82) is 0 Å². The summed E-state index contributed by atoms with van der Waals surface area (Å²) < 4.78 is 9.97. The standard InChI is InChI=1S/C12H13NO4/c1-2-16-11(14)9-10(17-12(15)13-9)8-6-4-3-5-7-8/h3-7,9-10H,2H2,1H3,(H,13,15)/t9-,10-/m1/s1. The van der Waals surface area contributed by atoms with E-state index in [9.17, 15) is 9.59 Å². The van der Waals surface area contributed by atoms with Gasteiger partial charge in [0.15, 0.2) is 12.1 Å². The van der Waals surface area contributed by atoms with Crippen molar-refractivity contribution in [3.05, 3.63) is 35.9 Å². The molecule has 1 amide bonds. The quantitative estimate of drug-likeness (QED) is 0.804. The summed E-state index contributed by atoms with van der Waals surface area (Å²) >= 11 is 0. The largest absolute Gasteiger partial charge is 0.464 e. The Morgan fingerprint density at radius 2 is 2.12 bits per heavy atom. The minimum Gasteiger partial charge on any atom is -0.464 e. The summed E-state index contributed by atoms with van der Waals surface area (Å²) in [6.45, 7) is 1.99. The molecule has 1 aliphatic rings. The Kier molecular flexibility index (Phi) is 3.27. The lowest BCUT2D eigenvalue weighted by Crippen LogP contribution is -2.37. The molecule has 0 radical (unpaired) electrons. The Balaban J connectivity index is 2.20. The summed E-state index contributed by atoms with van der Waals surface area (Å²) in [5.41, 5.74) is 0.768. The van der Waals surface area contributed by atoms with Crippen LogP contribution in [0.15, 0.2) is 30.3 Å². The number of rotatable bonds is 3. The normalized spacial score (nSPS) is 22.8. The molecule has 1 N–H and O–H groups in total. The van der Waals surface area contributed by atoms with Gasteiger partial charge in [-0.05, 0) is 12.5 Å². The molecule has 2 atom stereocenters. The van der Waals surface area contributed by atoms with Gasteiger partial charge >= 0.3 is 12.1 Å². The monoisotopic (exact) mass is 235 g/mol. The SMILES string of the molecule is CCOC(=O)[C@@H]1NC(=O)O[C@@H]1c1ccccc1. The fraction of sp³-hybridized carbons (Fsp3) is 0.333. The van der Waals surface area contributed by atoms with Crippen molar-refractivity contribution in [1.82, 2.24) is 5.32 Å². The second-order valence-electron chi connectivity index (χ2n) is 3.61. The van der Waals surface area contributed by atoms with E-state index in [1.54, 1.807) is 19.1 Å². The molecule has 1 aromatic rings. The van der Waals surface area contributed by atoms with Crippen LogP contribution in [0.3, 0.4) is 0 Å². The number of carbonyl (C=O) groups excluding carboxylic acids is 2. The topological polar surface area (TPSA) is 64.6 Å². The Bertz CT molecular complexity index is 418. The van der Waals surface area contributed by atoms with Gasteiger partial charge in [0.25, 0.3) is 0 Å². The molecule has 1 heterocycles. The maximum atomic E-state index is 11.7. The van der Waals surface area contributed by atoms with Crippen LogP contribution >= 0.6 is 0 Å². The number of cyclic esters (lactones) is 1. The number of benzene rings is 1. The van der Waals surface area contributed by atoms with Gasteiger partial charge in [0, 0.05) is 0 Å². The van der Waals surface area contributed by atoms with Gasteiger partial charge in [-0.1, -0.05) is 30.3 Å². The zero-order valence-electron chi connectivity index (χ0n) is 9.38. The van der Waals surface area contributed by atoms with E-state index in [0.717, 1.165) is 5.56 Å². The number of carbonyl (C=O) groups is 2. The molecule has 0 aromatic heterocycles. The maximum Gasteiger partial charge on any atom is 0.408 e. The predicted octanol–water partition coefficient (Wildman–Crippen LogP) is 1.40. The Hall–Kier alpha value is -2.04. The molecule has 5 nitrogen and oxygen atoms in total. The van der Waals surface area contributed by atoms with Gasteiger partial charge in [0.05, 0.1) is 6.61 Å². The van der Waals surface area contributed by atoms with E-state index in [0.29, 0.717) is 0 Å². The molecule has 0 spiro atoms. The summed E-state index contributed by atoms with van der Waals surface area (Å²) in [5, 5.41) is 2.45. The molecule has 1 saturated heterocycles. The lowest BCUT2D eigenvalue weighted by Gasteiger charge is -2.15. The Labute approximate surface area is 98.7 Å². The second-order valence-corrected chi connectivity index (χ2v) is 3.61. The van der Waals surface area contributed by atoms with Gasteiger partial charge in [-0.15, -0.1) is 0 Å². The number of alkyl carbamates (subject to hydrolysis) is 1. The first-order valence-corrected chi connectivity index (χ1v) is 5.41. The number of hydrogen-bond donors (Lipinski definition) is 1. The fourth-order valence-electron chi connectivity index (χ4n) is 1.74. The third-order valence-corrected chi connectivity index (χ3v) is 2.48. The number of nitrogens with one attached hydrogen (secondary N) is 1.